The molecule has 17 unspecified atom stereocenters. The van der Waals surface area contributed by atoms with E-state index in [9.17, 15) is 61.0 Å². The topological polar surface area (TPSA) is 307 Å². The van der Waals surface area contributed by atoms with Crippen molar-refractivity contribution >= 4 is 5.91 Å². The fourth-order valence-corrected chi connectivity index (χ4v) is 9.25. The lowest BCUT2D eigenvalue weighted by Gasteiger charge is -2.48. The molecular formula is C49H93NO18. The van der Waals surface area contributed by atoms with Gasteiger partial charge < -0.3 is 89.9 Å². The molecule has 19 nitrogen and oxygen atoms in total. The van der Waals surface area contributed by atoms with E-state index in [-0.39, 0.29) is 18.9 Å². The molecule has 19 heteroatoms. The summed E-state index contributed by atoms with van der Waals surface area (Å²) < 4.78 is 34.1. The smallest absolute Gasteiger partial charge is 0.220 e. The molecule has 0 saturated carbocycles. The summed E-state index contributed by atoms with van der Waals surface area (Å²) in [6, 6.07) is -0.877. The van der Waals surface area contributed by atoms with Gasteiger partial charge in [0.05, 0.1) is 38.6 Å². The van der Waals surface area contributed by atoms with Crippen molar-refractivity contribution in [1.29, 1.82) is 0 Å². The van der Waals surface area contributed by atoms with Gasteiger partial charge in [0.2, 0.25) is 5.91 Å². The predicted molar refractivity (Wildman–Crippen MR) is 250 cm³/mol. The normalized spacial score (nSPS) is 33.1. The van der Waals surface area contributed by atoms with Crippen molar-refractivity contribution in [2.24, 2.45) is 0 Å². The molecule has 0 aliphatic carbocycles. The van der Waals surface area contributed by atoms with Crippen molar-refractivity contribution < 1.29 is 89.4 Å². The molecule has 0 spiro atoms. The van der Waals surface area contributed by atoms with E-state index in [1.165, 1.54) is 96.3 Å². The van der Waals surface area contributed by atoms with E-state index < -0.39 is 124 Å². The van der Waals surface area contributed by atoms with Crippen LogP contribution >= 0.6 is 0 Å². The lowest BCUT2D eigenvalue weighted by atomic mass is 9.96. The quantitative estimate of drug-likeness (QED) is 0.0397. The van der Waals surface area contributed by atoms with Gasteiger partial charge in [-0.2, -0.15) is 0 Å². The predicted octanol–water partition coefficient (Wildman–Crippen LogP) is 2.09. The zero-order valence-corrected chi connectivity index (χ0v) is 41.1. The number of aliphatic hydroxyl groups excluding tert-OH is 11. The minimum Gasteiger partial charge on any atom is -0.394 e. The minimum atomic E-state index is -1.97. The zero-order valence-electron chi connectivity index (χ0n) is 41.1. The van der Waals surface area contributed by atoms with Gasteiger partial charge >= 0.3 is 0 Å². The molecule has 0 radical (unpaired) electrons. The first-order valence-corrected chi connectivity index (χ1v) is 26.3. The first-order chi connectivity index (χ1) is 32.8. The van der Waals surface area contributed by atoms with Crippen LogP contribution in [-0.4, -0.2) is 193 Å². The van der Waals surface area contributed by atoms with E-state index in [0.717, 1.165) is 44.9 Å². The summed E-state index contributed by atoms with van der Waals surface area (Å²) in [6.07, 6.45) is 0.737. The lowest BCUT2D eigenvalue weighted by molar-refractivity contribution is -0.379. The van der Waals surface area contributed by atoms with Crippen molar-refractivity contribution in [3.63, 3.8) is 0 Å². The number of ether oxygens (including phenoxy) is 6. The third-order valence-corrected chi connectivity index (χ3v) is 13.7. The molecule has 0 bridgehead atoms. The number of nitrogens with one attached hydrogen (secondary N) is 1. The zero-order chi connectivity index (χ0) is 49.8. The Morgan fingerprint density at radius 3 is 1.28 bits per heavy atom. The molecule has 3 rings (SSSR count). The molecule has 68 heavy (non-hydrogen) atoms. The van der Waals surface area contributed by atoms with E-state index in [2.05, 4.69) is 19.2 Å². The van der Waals surface area contributed by atoms with Crippen LogP contribution < -0.4 is 5.32 Å². The molecule has 3 fully saturated rings. The molecule has 0 aromatic heterocycles. The monoisotopic (exact) mass is 984 g/mol. The number of amides is 1. The molecule has 0 aromatic rings. The highest BCUT2D eigenvalue weighted by Gasteiger charge is 2.53. The van der Waals surface area contributed by atoms with Gasteiger partial charge in [0.1, 0.15) is 73.2 Å². The molecule has 3 aliphatic heterocycles. The Hall–Kier alpha value is -1.21. The maximum Gasteiger partial charge on any atom is 0.220 e. The van der Waals surface area contributed by atoms with Gasteiger partial charge in [-0.05, 0) is 12.8 Å². The van der Waals surface area contributed by atoms with Gasteiger partial charge in [0, 0.05) is 6.42 Å². The number of carbonyl (C=O) groups is 1. The molecule has 402 valence electrons. The van der Waals surface area contributed by atoms with E-state index in [0.29, 0.717) is 12.8 Å². The van der Waals surface area contributed by atoms with Crippen molar-refractivity contribution in [3.05, 3.63) is 0 Å². The van der Waals surface area contributed by atoms with Gasteiger partial charge in [-0.25, -0.2) is 0 Å². The average Bonchev–Trinajstić information content (AvgIpc) is 3.33. The van der Waals surface area contributed by atoms with E-state index >= 15 is 0 Å². The maximum absolute atomic E-state index is 13.2. The summed E-state index contributed by atoms with van der Waals surface area (Å²) in [5, 5.41) is 120. The summed E-state index contributed by atoms with van der Waals surface area (Å²) in [7, 11) is 0. The summed E-state index contributed by atoms with van der Waals surface area (Å²) in [5.41, 5.74) is 0. The van der Waals surface area contributed by atoms with Crippen molar-refractivity contribution in [3.8, 4) is 0 Å². The number of rotatable bonds is 37. The Balaban J connectivity index is 1.54. The molecular weight excluding hydrogens is 891 g/mol. The third kappa shape index (κ3) is 20.7. The van der Waals surface area contributed by atoms with Crippen LogP contribution in [0, 0.1) is 0 Å². The second kappa shape index (κ2) is 35.0. The van der Waals surface area contributed by atoms with Crippen molar-refractivity contribution in [1.82, 2.24) is 5.32 Å². The van der Waals surface area contributed by atoms with E-state index in [1.54, 1.807) is 0 Å². The van der Waals surface area contributed by atoms with Crippen LogP contribution in [-0.2, 0) is 33.2 Å². The molecule has 3 saturated heterocycles. The van der Waals surface area contributed by atoms with E-state index in [4.69, 9.17) is 28.4 Å². The van der Waals surface area contributed by atoms with Gasteiger partial charge in [-0.3, -0.25) is 4.79 Å². The first kappa shape index (κ1) is 61.1. The Labute approximate surface area is 404 Å². The summed E-state index contributed by atoms with van der Waals surface area (Å²) in [4.78, 5) is 13.2. The van der Waals surface area contributed by atoms with Crippen LogP contribution in [0.1, 0.15) is 174 Å². The molecule has 17 atom stereocenters. The summed E-state index contributed by atoms with van der Waals surface area (Å²) >= 11 is 0. The highest BCUT2D eigenvalue weighted by molar-refractivity contribution is 5.76. The molecule has 12 N–H and O–H groups in total. The van der Waals surface area contributed by atoms with Crippen LogP contribution in [0.2, 0.25) is 0 Å². The fourth-order valence-electron chi connectivity index (χ4n) is 9.25. The Kier molecular flexibility index (Phi) is 31.5. The second-order valence-corrected chi connectivity index (χ2v) is 19.4. The number of unbranched alkanes of at least 4 members (excludes halogenated alkanes) is 21. The molecule has 3 heterocycles. The highest BCUT2D eigenvalue weighted by atomic mass is 16.8. The Bertz CT molecular complexity index is 1270. The standard InChI is InChI=1S/C49H93NO18/c1-3-5-7-9-11-13-15-16-17-19-21-23-25-27-37(55)50-32(33(54)26-24-22-20-18-14-12-10-8-6-4-2)31-63-47-43(61)40(58)45(35(29-52)65-47)68-49-44(62)41(59)46(36(30-53)66-49)67-48-42(60)39(57)38(56)34(28-51)64-48/h32-36,38-49,51-54,56-62H,3-31H2,1-2H3,(H,50,55). The maximum atomic E-state index is 13.2. The van der Waals surface area contributed by atoms with Crippen molar-refractivity contribution in [2.75, 3.05) is 26.4 Å². The third-order valence-electron chi connectivity index (χ3n) is 13.7. The SMILES string of the molecule is CCCCCCCCCCCCCCCC(=O)NC(COC1OC(CO)C(OC2OC(CO)C(OC3OC(CO)C(O)C(O)C3O)C(O)C2O)C(O)C1O)C(O)CCCCCCCCCCCC. The van der Waals surface area contributed by atoms with Gasteiger partial charge in [-0.1, -0.05) is 155 Å². The summed E-state index contributed by atoms with van der Waals surface area (Å²) in [5.74, 6) is -0.245. The average molecular weight is 984 g/mol. The first-order valence-electron chi connectivity index (χ1n) is 26.3. The largest absolute Gasteiger partial charge is 0.394 e. The Morgan fingerprint density at radius 1 is 0.471 bits per heavy atom. The number of carbonyl (C=O) groups excluding carboxylic acids is 1. The van der Waals surface area contributed by atoms with Gasteiger partial charge in [0.25, 0.3) is 0 Å². The van der Waals surface area contributed by atoms with Crippen LogP contribution in [0.5, 0.6) is 0 Å². The molecule has 1 amide bonds. The molecule has 3 aliphatic rings. The highest BCUT2D eigenvalue weighted by Crippen LogP contribution is 2.33. The number of hydrogen-bond donors (Lipinski definition) is 12. The number of hydrogen-bond acceptors (Lipinski definition) is 18. The van der Waals surface area contributed by atoms with Gasteiger partial charge in [0.15, 0.2) is 18.9 Å². The van der Waals surface area contributed by atoms with Crippen molar-refractivity contribution in [2.45, 2.75) is 279 Å². The minimum absolute atomic E-state index is 0.245. The summed E-state index contributed by atoms with van der Waals surface area (Å²) in [6.45, 7) is 1.74. The molecule has 0 aromatic carbocycles. The van der Waals surface area contributed by atoms with Crippen LogP contribution in [0.25, 0.3) is 0 Å². The van der Waals surface area contributed by atoms with E-state index in [1.807, 2.05) is 0 Å². The van der Waals surface area contributed by atoms with Crippen LogP contribution in [0.15, 0.2) is 0 Å². The second-order valence-electron chi connectivity index (χ2n) is 19.4. The van der Waals surface area contributed by atoms with Crippen LogP contribution in [0.3, 0.4) is 0 Å². The Morgan fingerprint density at radius 2 is 0.838 bits per heavy atom. The van der Waals surface area contributed by atoms with Gasteiger partial charge in [-0.15, -0.1) is 0 Å². The lowest BCUT2D eigenvalue weighted by Crippen LogP contribution is -2.66. The van der Waals surface area contributed by atoms with Crippen LogP contribution in [0.4, 0.5) is 0 Å². The number of aliphatic hydroxyl groups is 11. The fraction of sp³-hybridized carbons (Fsp3) is 0.980.